The molecule has 4 rings (SSSR count). The lowest BCUT2D eigenvalue weighted by atomic mass is 10.0. The standard InChI is InChI=1S/C20H22N4O2/c1-14-3-5-17-16(4-6-18(25-2)19(17)23-14)11-15-12-21-20(22-13-15)24-7-9-26-10-8-24/h3-6,12-13H,7-11H2,1-2H3. The first-order chi connectivity index (χ1) is 12.7. The first kappa shape index (κ1) is 16.7. The third kappa shape index (κ3) is 3.32. The van der Waals surface area contributed by atoms with Crippen LogP contribution in [0.15, 0.2) is 36.7 Å². The Hall–Kier alpha value is -2.73. The minimum Gasteiger partial charge on any atom is -0.494 e. The maximum atomic E-state index is 5.47. The first-order valence-corrected chi connectivity index (χ1v) is 8.81. The van der Waals surface area contributed by atoms with E-state index >= 15 is 0 Å². The topological polar surface area (TPSA) is 60.4 Å². The highest BCUT2D eigenvalue weighted by atomic mass is 16.5. The van der Waals surface area contributed by atoms with E-state index in [0.717, 1.165) is 66.6 Å². The van der Waals surface area contributed by atoms with Crippen molar-refractivity contribution in [3.8, 4) is 5.75 Å². The highest BCUT2D eigenvalue weighted by molar-refractivity contribution is 5.88. The number of methoxy groups -OCH3 is 1. The number of hydrogen-bond acceptors (Lipinski definition) is 6. The molecule has 134 valence electrons. The number of nitrogens with zero attached hydrogens (tertiary/aromatic N) is 4. The van der Waals surface area contributed by atoms with Gasteiger partial charge in [0, 0.05) is 43.0 Å². The Labute approximate surface area is 152 Å². The van der Waals surface area contributed by atoms with Crippen LogP contribution >= 0.6 is 0 Å². The van der Waals surface area contributed by atoms with E-state index < -0.39 is 0 Å². The number of aryl methyl sites for hydroxylation is 1. The summed E-state index contributed by atoms with van der Waals surface area (Å²) in [6.45, 7) is 5.13. The Balaban J connectivity index is 1.61. The summed E-state index contributed by atoms with van der Waals surface area (Å²) in [4.78, 5) is 15.9. The number of pyridine rings is 1. The van der Waals surface area contributed by atoms with Gasteiger partial charge in [-0.15, -0.1) is 0 Å². The van der Waals surface area contributed by atoms with Gasteiger partial charge in [-0.1, -0.05) is 12.1 Å². The van der Waals surface area contributed by atoms with Crippen LogP contribution in [-0.2, 0) is 11.2 Å². The molecule has 1 fully saturated rings. The van der Waals surface area contributed by atoms with E-state index in [4.69, 9.17) is 9.47 Å². The van der Waals surface area contributed by atoms with Crippen LogP contribution in [0.2, 0.25) is 0 Å². The fourth-order valence-corrected chi connectivity index (χ4v) is 3.25. The predicted molar refractivity (Wildman–Crippen MR) is 101 cm³/mol. The molecule has 0 atom stereocenters. The summed E-state index contributed by atoms with van der Waals surface area (Å²) >= 11 is 0. The Kier molecular flexibility index (Phi) is 4.67. The molecule has 0 unspecified atom stereocenters. The van der Waals surface area contributed by atoms with E-state index in [1.54, 1.807) is 7.11 Å². The molecule has 2 aromatic heterocycles. The molecule has 3 heterocycles. The summed E-state index contributed by atoms with van der Waals surface area (Å²) < 4.78 is 10.8. The van der Waals surface area contributed by atoms with Gasteiger partial charge >= 0.3 is 0 Å². The number of aromatic nitrogens is 3. The van der Waals surface area contributed by atoms with E-state index in [0.29, 0.717) is 0 Å². The normalized spacial score (nSPS) is 14.6. The molecule has 0 N–H and O–H groups in total. The van der Waals surface area contributed by atoms with Crippen LogP contribution in [0.1, 0.15) is 16.8 Å². The maximum absolute atomic E-state index is 5.47. The van der Waals surface area contributed by atoms with Crippen molar-refractivity contribution < 1.29 is 9.47 Å². The van der Waals surface area contributed by atoms with Crippen LogP contribution in [0.4, 0.5) is 5.95 Å². The van der Waals surface area contributed by atoms with Gasteiger partial charge in [-0.25, -0.2) is 15.0 Å². The summed E-state index contributed by atoms with van der Waals surface area (Å²) in [5.41, 5.74) is 4.15. The number of fused-ring (bicyclic) bond motifs is 1. The fourth-order valence-electron chi connectivity index (χ4n) is 3.25. The SMILES string of the molecule is COc1ccc(Cc2cnc(N3CCOCC3)nc2)c2ccc(C)nc12. The second kappa shape index (κ2) is 7.25. The zero-order chi connectivity index (χ0) is 17.9. The molecule has 1 aliphatic heterocycles. The lowest BCUT2D eigenvalue weighted by Crippen LogP contribution is -2.37. The summed E-state index contributed by atoms with van der Waals surface area (Å²) in [5, 5.41) is 1.10. The highest BCUT2D eigenvalue weighted by Gasteiger charge is 2.14. The molecule has 1 saturated heterocycles. The van der Waals surface area contributed by atoms with Gasteiger partial charge in [0.1, 0.15) is 11.3 Å². The molecular formula is C20H22N4O2. The van der Waals surface area contributed by atoms with Gasteiger partial charge in [-0.3, -0.25) is 0 Å². The van der Waals surface area contributed by atoms with Crippen LogP contribution in [0, 0.1) is 6.92 Å². The summed E-state index contributed by atoms with van der Waals surface area (Å²) in [5.74, 6) is 1.57. The Morgan fingerprint density at radius 3 is 2.58 bits per heavy atom. The van der Waals surface area contributed by atoms with Gasteiger partial charge in [0.2, 0.25) is 5.95 Å². The van der Waals surface area contributed by atoms with Gasteiger partial charge < -0.3 is 14.4 Å². The van der Waals surface area contributed by atoms with Crippen LogP contribution in [0.3, 0.4) is 0 Å². The van der Waals surface area contributed by atoms with Gasteiger partial charge in [-0.05, 0) is 30.2 Å². The lowest BCUT2D eigenvalue weighted by Gasteiger charge is -2.26. The first-order valence-electron chi connectivity index (χ1n) is 8.81. The molecule has 0 bridgehead atoms. The molecule has 26 heavy (non-hydrogen) atoms. The van der Waals surface area contributed by atoms with Crippen molar-refractivity contribution >= 4 is 16.9 Å². The minimum atomic E-state index is 0.732. The van der Waals surface area contributed by atoms with Crippen molar-refractivity contribution in [2.75, 3.05) is 38.3 Å². The largest absolute Gasteiger partial charge is 0.494 e. The maximum Gasteiger partial charge on any atom is 0.225 e. The van der Waals surface area contributed by atoms with Crippen molar-refractivity contribution in [1.82, 2.24) is 15.0 Å². The number of hydrogen-bond donors (Lipinski definition) is 0. The van der Waals surface area contributed by atoms with Crippen LogP contribution in [0.25, 0.3) is 10.9 Å². The van der Waals surface area contributed by atoms with Crippen molar-refractivity contribution in [2.24, 2.45) is 0 Å². The van der Waals surface area contributed by atoms with E-state index in [1.807, 2.05) is 31.5 Å². The molecule has 1 aromatic carbocycles. The average molecular weight is 350 g/mol. The summed E-state index contributed by atoms with van der Waals surface area (Å²) in [6.07, 6.45) is 4.58. The molecular weight excluding hydrogens is 328 g/mol. The third-order valence-electron chi connectivity index (χ3n) is 4.65. The number of rotatable bonds is 4. The van der Waals surface area contributed by atoms with Crippen LogP contribution in [0.5, 0.6) is 5.75 Å². The molecule has 6 nitrogen and oxygen atoms in total. The predicted octanol–water partition coefficient (Wildman–Crippen LogP) is 2.77. The lowest BCUT2D eigenvalue weighted by molar-refractivity contribution is 0.122. The van der Waals surface area contributed by atoms with Crippen molar-refractivity contribution in [2.45, 2.75) is 13.3 Å². The van der Waals surface area contributed by atoms with E-state index in [1.165, 1.54) is 5.56 Å². The zero-order valence-electron chi connectivity index (χ0n) is 15.1. The molecule has 1 aliphatic rings. The number of morpholine rings is 1. The van der Waals surface area contributed by atoms with Crippen molar-refractivity contribution in [1.29, 1.82) is 0 Å². The van der Waals surface area contributed by atoms with E-state index in [2.05, 4.69) is 32.0 Å². The minimum absolute atomic E-state index is 0.732. The summed E-state index contributed by atoms with van der Waals surface area (Å²) in [7, 11) is 1.68. The van der Waals surface area contributed by atoms with Gasteiger partial charge in [0.15, 0.2) is 0 Å². The van der Waals surface area contributed by atoms with E-state index in [-0.39, 0.29) is 0 Å². The molecule has 0 radical (unpaired) electrons. The average Bonchev–Trinajstić information content (AvgIpc) is 2.69. The van der Waals surface area contributed by atoms with E-state index in [9.17, 15) is 0 Å². The smallest absolute Gasteiger partial charge is 0.225 e. The Morgan fingerprint density at radius 2 is 1.85 bits per heavy atom. The fraction of sp³-hybridized carbons (Fsp3) is 0.350. The number of anilines is 1. The molecule has 0 aliphatic carbocycles. The van der Waals surface area contributed by atoms with Crippen molar-refractivity contribution in [3.05, 3.63) is 53.5 Å². The Bertz CT molecular complexity index is 906. The van der Waals surface area contributed by atoms with Crippen LogP contribution < -0.4 is 9.64 Å². The van der Waals surface area contributed by atoms with Crippen LogP contribution in [-0.4, -0.2) is 48.4 Å². The second-order valence-corrected chi connectivity index (χ2v) is 6.44. The molecule has 3 aromatic rings. The number of benzene rings is 1. The molecule has 6 heteroatoms. The Morgan fingerprint density at radius 1 is 1.08 bits per heavy atom. The summed E-state index contributed by atoms with van der Waals surface area (Å²) in [6, 6.07) is 8.21. The zero-order valence-corrected chi connectivity index (χ0v) is 15.1. The van der Waals surface area contributed by atoms with Crippen molar-refractivity contribution in [3.63, 3.8) is 0 Å². The highest BCUT2D eigenvalue weighted by Crippen LogP contribution is 2.28. The molecule has 0 amide bonds. The van der Waals surface area contributed by atoms with Gasteiger partial charge in [-0.2, -0.15) is 0 Å². The second-order valence-electron chi connectivity index (χ2n) is 6.44. The van der Waals surface area contributed by atoms with Gasteiger partial charge in [0.25, 0.3) is 0 Å². The third-order valence-corrected chi connectivity index (χ3v) is 4.65. The van der Waals surface area contributed by atoms with Gasteiger partial charge in [0.05, 0.1) is 20.3 Å². The molecule has 0 spiro atoms. The number of ether oxygens (including phenoxy) is 2. The quantitative estimate of drug-likeness (QED) is 0.721. The monoisotopic (exact) mass is 350 g/mol. The molecule has 0 saturated carbocycles.